The van der Waals surface area contributed by atoms with Gasteiger partial charge in [-0.25, -0.2) is 0 Å². The summed E-state index contributed by atoms with van der Waals surface area (Å²) in [5.41, 5.74) is 5.83. The third kappa shape index (κ3) is 3.49. The number of thioether (sulfide) groups is 1. The van der Waals surface area contributed by atoms with Gasteiger partial charge in [0.05, 0.1) is 5.25 Å². The van der Waals surface area contributed by atoms with Crippen molar-refractivity contribution in [3.63, 3.8) is 0 Å². The van der Waals surface area contributed by atoms with Crippen molar-refractivity contribution in [2.75, 3.05) is 13.1 Å². The van der Waals surface area contributed by atoms with Crippen LogP contribution in [-0.4, -0.2) is 35.2 Å². The van der Waals surface area contributed by atoms with Gasteiger partial charge >= 0.3 is 0 Å². The summed E-state index contributed by atoms with van der Waals surface area (Å²) in [4.78, 5) is 15.2. The van der Waals surface area contributed by atoms with Gasteiger partial charge in [-0.1, -0.05) is 15.9 Å². The molecule has 1 amide bonds. The van der Waals surface area contributed by atoms with E-state index < -0.39 is 0 Å². The summed E-state index contributed by atoms with van der Waals surface area (Å²) in [6.45, 7) is 3.45. The Morgan fingerprint density at radius 1 is 1.50 bits per heavy atom. The maximum Gasteiger partial charge on any atom is 0.235 e. The molecule has 98 valence electrons. The molecule has 0 saturated carbocycles. The van der Waals surface area contributed by atoms with Gasteiger partial charge in [0.2, 0.25) is 5.91 Å². The van der Waals surface area contributed by atoms with Crippen LogP contribution in [0.4, 0.5) is 0 Å². The van der Waals surface area contributed by atoms with Crippen molar-refractivity contribution in [2.45, 2.75) is 29.5 Å². The van der Waals surface area contributed by atoms with Gasteiger partial charge in [-0.3, -0.25) is 4.79 Å². The Morgan fingerprint density at radius 3 is 2.72 bits per heavy atom. The van der Waals surface area contributed by atoms with Crippen molar-refractivity contribution >= 4 is 33.6 Å². The number of amides is 1. The number of carbonyl (C=O) groups excluding carboxylic acids is 1. The fourth-order valence-corrected chi connectivity index (χ4v) is 3.23. The van der Waals surface area contributed by atoms with E-state index in [1.807, 2.05) is 36.1 Å². The Labute approximate surface area is 120 Å². The van der Waals surface area contributed by atoms with Crippen molar-refractivity contribution in [1.82, 2.24) is 4.90 Å². The van der Waals surface area contributed by atoms with Gasteiger partial charge in [-0.15, -0.1) is 11.8 Å². The van der Waals surface area contributed by atoms with Crippen LogP contribution in [0.15, 0.2) is 33.6 Å². The molecule has 18 heavy (non-hydrogen) atoms. The average Bonchev–Trinajstić information content (AvgIpc) is 2.78. The van der Waals surface area contributed by atoms with Crippen LogP contribution < -0.4 is 5.73 Å². The van der Waals surface area contributed by atoms with E-state index in [-0.39, 0.29) is 17.2 Å². The van der Waals surface area contributed by atoms with E-state index in [0.29, 0.717) is 6.54 Å². The molecule has 0 aromatic heterocycles. The number of rotatable bonds is 3. The van der Waals surface area contributed by atoms with Crippen LogP contribution in [0.25, 0.3) is 0 Å². The predicted molar refractivity (Wildman–Crippen MR) is 78.6 cm³/mol. The first-order valence-corrected chi connectivity index (χ1v) is 7.70. The van der Waals surface area contributed by atoms with Crippen molar-refractivity contribution in [3.8, 4) is 0 Å². The Bertz CT molecular complexity index is 424. The smallest absolute Gasteiger partial charge is 0.235 e. The fourth-order valence-electron chi connectivity index (χ4n) is 2.01. The molecule has 1 unspecified atom stereocenters. The van der Waals surface area contributed by atoms with Crippen molar-refractivity contribution in [3.05, 3.63) is 28.7 Å². The second kappa shape index (κ2) is 6.08. The van der Waals surface area contributed by atoms with Gasteiger partial charge < -0.3 is 10.6 Å². The molecular formula is C13H17BrN2OS. The molecule has 1 heterocycles. The first-order chi connectivity index (χ1) is 8.56. The minimum atomic E-state index is -0.0588. The highest BCUT2D eigenvalue weighted by Crippen LogP contribution is 2.26. The molecule has 1 aromatic rings. The molecule has 1 fully saturated rings. The highest BCUT2D eigenvalue weighted by molar-refractivity contribution is 9.10. The summed E-state index contributed by atoms with van der Waals surface area (Å²) in [6, 6.07) is 8.18. The minimum Gasteiger partial charge on any atom is -0.340 e. The molecule has 3 nitrogen and oxygen atoms in total. The van der Waals surface area contributed by atoms with Crippen LogP contribution in [0, 0.1) is 0 Å². The van der Waals surface area contributed by atoms with E-state index in [4.69, 9.17) is 5.73 Å². The second-order valence-electron chi connectivity index (χ2n) is 4.55. The molecule has 0 aliphatic carbocycles. The molecule has 0 spiro atoms. The third-order valence-electron chi connectivity index (χ3n) is 3.01. The molecule has 1 aliphatic heterocycles. The minimum absolute atomic E-state index is 0.0588. The number of hydrogen-bond donors (Lipinski definition) is 1. The highest BCUT2D eigenvalue weighted by atomic mass is 79.9. The number of nitrogens with two attached hydrogens (primary N) is 1. The van der Waals surface area contributed by atoms with Crippen molar-refractivity contribution in [2.24, 2.45) is 5.73 Å². The lowest BCUT2D eigenvalue weighted by molar-refractivity contribution is -0.129. The largest absolute Gasteiger partial charge is 0.340 e. The quantitative estimate of drug-likeness (QED) is 0.867. The number of halogens is 1. The van der Waals surface area contributed by atoms with Crippen LogP contribution in [0.5, 0.6) is 0 Å². The molecule has 0 radical (unpaired) electrons. The molecule has 2 N–H and O–H groups in total. The SMILES string of the molecule is CC(Sc1ccc(Br)cc1)C(=O)N1CC[C@@H](N)C1. The number of benzene rings is 1. The van der Waals surface area contributed by atoms with Crippen LogP contribution in [0.1, 0.15) is 13.3 Å². The topological polar surface area (TPSA) is 46.3 Å². The summed E-state index contributed by atoms with van der Waals surface area (Å²) in [6.07, 6.45) is 0.918. The molecule has 2 atom stereocenters. The summed E-state index contributed by atoms with van der Waals surface area (Å²) in [5.74, 6) is 0.191. The maximum absolute atomic E-state index is 12.2. The fraction of sp³-hybridized carbons (Fsp3) is 0.462. The predicted octanol–water partition coefficient (Wildman–Crippen LogP) is 2.49. The van der Waals surface area contributed by atoms with E-state index in [9.17, 15) is 4.79 Å². The maximum atomic E-state index is 12.2. The van der Waals surface area contributed by atoms with Gasteiger partial charge in [0.25, 0.3) is 0 Å². The molecule has 5 heteroatoms. The van der Waals surface area contributed by atoms with E-state index >= 15 is 0 Å². The van der Waals surface area contributed by atoms with Crippen LogP contribution in [-0.2, 0) is 4.79 Å². The lowest BCUT2D eigenvalue weighted by Crippen LogP contribution is -2.36. The number of likely N-dealkylation sites (tertiary alicyclic amines) is 1. The van der Waals surface area contributed by atoms with Gasteiger partial charge in [0.1, 0.15) is 0 Å². The van der Waals surface area contributed by atoms with Gasteiger partial charge in [-0.2, -0.15) is 0 Å². The average molecular weight is 329 g/mol. The number of nitrogens with zero attached hydrogens (tertiary/aromatic N) is 1. The second-order valence-corrected chi connectivity index (χ2v) is 6.88. The van der Waals surface area contributed by atoms with Crippen molar-refractivity contribution < 1.29 is 4.79 Å². The van der Waals surface area contributed by atoms with Crippen LogP contribution in [0.2, 0.25) is 0 Å². The standard InChI is InChI=1S/C13H17BrN2OS/c1-9(13(17)16-7-6-11(15)8-16)18-12-4-2-10(14)3-5-12/h2-5,9,11H,6-8,15H2,1H3/t9?,11-/m1/s1. The Balaban J connectivity index is 1.93. The van der Waals surface area contributed by atoms with Gasteiger partial charge in [0, 0.05) is 28.5 Å². The zero-order valence-corrected chi connectivity index (χ0v) is 12.7. The molecule has 1 aromatic carbocycles. The molecular weight excluding hydrogens is 312 g/mol. The molecule has 1 saturated heterocycles. The van der Waals surface area contributed by atoms with E-state index in [0.717, 1.165) is 22.3 Å². The molecule has 1 aliphatic rings. The van der Waals surface area contributed by atoms with Gasteiger partial charge in [0.15, 0.2) is 0 Å². The normalized spacial score (nSPS) is 21.1. The van der Waals surface area contributed by atoms with Crippen LogP contribution in [0.3, 0.4) is 0 Å². The Morgan fingerprint density at radius 2 is 2.17 bits per heavy atom. The third-order valence-corrected chi connectivity index (χ3v) is 4.64. The molecule has 0 bridgehead atoms. The van der Waals surface area contributed by atoms with Crippen molar-refractivity contribution in [1.29, 1.82) is 0 Å². The first kappa shape index (κ1) is 13.9. The van der Waals surface area contributed by atoms with E-state index in [2.05, 4.69) is 15.9 Å². The summed E-state index contributed by atoms with van der Waals surface area (Å²) in [7, 11) is 0. The lowest BCUT2D eigenvalue weighted by atomic mass is 10.3. The Kier molecular flexibility index (Phi) is 4.70. The highest BCUT2D eigenvalue weighted by Gasteiger charge is 2.27. The zero-order chi connectivity index (χ0) is 13.1. The zero-order valence-electron chi connectivity index (χ0n) is 10.3. The number of hydrogen-bond acceptors (Lipinski definition) is 3. The first-order valence-electron chi connectivity index (χ1n) is 6.03. The monoisotopic (exact) mass is 328 g/mol. The summed E-state index contributed by atoms with van der Waals surface area (Å²) in [5, 5.41) is -0.0588. The summed E-state index contributed by atoms with van der Waals surface area (Å²) >= 11 is 5.00. The lowest BCUT2D eigenvalue weighted by Gasteiger charge is -2.20. The number of carbonyl (C=O) groups is 1. The van der Waals surface area contributed by atoms with E-state index in [1.54, 1.807) is 11.8 Å². The summed E-state index contributed by atoms with van der Waals surface area (Å²) < 4.78 is 1.05. The van der Waals surface area contributed by atoms with Crippen LogP contribution >= 0.6 is 27.7 Å². The Hall–Kier alpha value is -0.520. The molecule has 2 rings (SSSR count). The van der Waals surface area contributed by atoms with Gasteiger partial charge in [-0.05, 0) is 37.6 Å². The van der Waals surface area contributed by atoms with E-state index in [1.165, 1.54) is 0 Å².